The number of ketones is 1. The van der Waals surface area contributed by atoms with Gasteiger partial charge in [-0.25, -0.2) is 0 Å². The molecule has 0 heterocycles. The fourth-order valence-electron chi connectivity index (χ4n) is 1.87. The van der Waals surface area contributed by atoms with Crippen molar-refractivity contribution in [3.63, 3.8) is 0 Å². The molecule has 1 aliphatic rings. The topological polar surface area (TPSA) is 35.5 Å². The minimum Gasteiger partial charge on any atom is -0.490 e. The number of benzene rings is 1. The SMILES string of the molecule is CCOC(CC)C(=O)c1cccc(OC2CC2)c1. The Morgan fingerprint density at radius 2 is 2.17 bits per heavy atom. The monoisotopic (exact) mass is 248 g/mol. The van der Waals surface area contributed by atoms with Gasteiger partial charge in [0.05, 0.1) is 6.10 Å². The van der Waals surface area contributed by atoms with E-state index in [1.54, 1.807) is 0 Å². The molecule has 1 saturated carbocycles. The smallest absolute Gasteiger partial charge is 0.191 e. The van der Waals surface area contributed by atoms with Gasteiger partial charge < -0.3 is 9.47 Å². The number of rotatable bonds is 7. The van der Waals surface area contributed by atoms with E-state index in [9.17, 15) is 4.79 Å². The minimum atomic E-state index is -0.342. The lowest BCUT2D eigenvalue weighted by molar-refractivity contribution is 0.0443. The van der Waals surface area contributed by atoms with Crippen LogP contribution in [0.5, 0.6) is 5.75 Å². The predicted octanol–water partition coefficient (Wildman–Crippen LogP) is 3.23. The Hall–Kier alpha value is -1.35. The van der Waals surface area contributed by atoms with Gasteiger partial charge in [-0.05, 0) is 38.3 Å². The van der Waals surface area contributed by atoms with Crippen molar-refractivity contribution in [2.75, 3.05) is 6.61 Å². The maximum atomic E-state index is 12.2. The summed E-state index contributed by atoms with van der Waals surface area (Å²) in [5.74, 6) is 0.829. The van der Waals surface area contributed by atoms with Gasteiger partial charge in [0, 0.05) is 12.2 Å². The molecule has 0 amide bonds. The first kappa shape index (κ1) is 13.1. The highest BCUT2D eigenvalue weighted by Crippen LogP contribution is 2.27. The zero-order chi connectivity index (χ0) is 13.0. The Morgan fingerprint density at radius 1 is 1.39 bits per heavy atom. The molecule has 0 aromatic heterocycles. The molecule has 0 aliphatic heterocycles. The molecular formula is C15H20O3. The first-order valence-corrected chi connectivity index (χ1v) is 6.67. The van der Waals surface area contributed by atoms with E-state index in [1.807, 2.05) is 38.1 Å². The lowest BCUT2D eigenvalue weighted by Crippen LogP contribution is -2.23. The van der Waals surface area contributed by atoms with Gasteiger partial charge in [-0.2, -0.15) is 0 Å². The molecule has 98 valence electrons. The van der Waals surface area contributed by atoms with E-state index >= 15 is 0 Å². The second kappa shape index (κ2) is 6.01. The van der Waals surface area contributed by atoms with Gasteiger partial charge >= 0.3 is 0 Å². The second-order valence-corrected chi connectivity index (χ2v) is 4.56. The largest absolute Gasteiger partial charge is 0.490 e. The van der Waals surface area contributed by atoms with Crippen molar-refractivity contribution in [2.45, 2.75) is 45.3 Å². The first-order valence-electron chi connectivity index (χ1n) is 6.67. The Balaban J connectivity index is 2.08. The fraction of sp³-hybridized carbons (Fsp3) is 0.533. The number of ether oxygens (including phenoxy) is 2. The van der Waals surface area contributed by atoms with Crippen molar-refractivity contribution in [2.24, 2.45) is 0 Å². The molecule has 1 aromatic rings. The van der Waals surface area contributed by atoms with Crippen LogP contribution in [0.4, 0.5) is 0 Å². The van der Waals surface area contributed by atoms with Crippen molar-refractivity contribution in [1.82, 2.24) is 0 Å². The zero-order valence-electron chi connectivity index (χ0n) is 11.0. The molecule has 1 unspecified atom stereocenters. The van der Waals surface area contributed by atoms with Gasteiger partial charge in [0.25, 0.3) is 0 Å². The van der Waals surface area contributed by atoms with Crippen LogP contribution >= 0.6 is 0 Å². The standard InChI is InChI=1S/C15H20O3/c1-3-14(17-4-2)15(16)11-6-5-7-13(10-11)18-12-8-9-12/h5-7,10,12,14H,3-4,8-9H2,1-2H3. The van der Waals surface area contributed by atoms with Crippen LogP contribution < -0.4 is 4.74 Å². The van der Waals surface area contributed by atoms with Crippen LogP contribution in [0.2, 0.25) is 0 Å². The molecule has 3 heteroatoms. The van der Waals surface area contributed by atoms with E-state index in [1.165, 1.54) is 0 Å². The van der Waals surface area contributed by atoms with Gasteiger partial charge in [0.15, 0.2) is 5.78 Å². The Bertz CT molecular complexity index is 410. The van der Waals surface area contributed by atoms with Gasteiger partial charge in [-0.15, -0.1) is 0 Å². The Labute approximate surface area is 108 Å². The number of hydrogen-bond donors (Lipinski definition) is 0. The summed E-state index contributed by atoms with van der Waals surface area (Å²) in [4.78, 5) is 12.2. The number of carbonyl (C=O) groups is 1. The van der Waals surface area contributed by atoms with Gasteiger partial charge in [-0.3, -0.25) is 4.79 Å². The van der Waals surface area contributed by atoms with E-state index in [0.717, 1.165) is 18.6 Å². The maximum Gasteiger partial charge on any atom is 0.191 e. The molecule has 18 heavy (non-hydrogen) atoms. The lowest BCUT2D eigenvalue weighted by atomic mass is 10.0. The normalized spacial score (nSPS) is 16.3. The minimum absolute atomic E-state index is 0.0422. The Morgan fingerprint density at radius 3 is 2.78 bits per heavy atom. The van der Waals surface area contributed by atoms with E-state index in [-0.39, 0.29) is 11.9 Å². The van der Waals surface area contributed by atoms with Crippen LogP contribution in [0.3, 0.4) is 0 Å². The summed E-state index contributed by atoms with van der Waals surface area (Å²) >= 11 is 0. The average Bonchev–Trinajstić information content (AvgIpc) is 3.19. The molecule has 0 bridgehead atoms. The van der Waals surface area contributed by atoms with Gasteiger partial charge in [-0.1, -0.05) is 19.1 Å². The molecule has 0 N–H and O–H groups in total. The molecule has 0 radical (unpaired) electrons. The highest BCUT2D eigenvalue weighted by molar-refractivity contribution is 5.99. The highest BCUT2D eigenvalue weighted by Gasteiger charge is 2.24. The summed E-state index contributed by atoms with van der Waals surface area (Å²) in [6.45, 7) is 4.42. The molecule has 0 spiro atoms. The average molecular weight is 248 g/mol. The van der Waals surface area contributed by atoms with E-state index in [2.05, 4.69) is 0 Å². The van der Waals surface area contributed by atoms with Crippen LogP contribution in [0.15, 0.2) is 24.3 Å². The van der Waals surface area contributed by atoms with Gasteiger partial charge in [0.2, 0.25) is 0 Å². The summed E-state index contributed by atoms with van der Waals surface area (Å²) in [5.41, 5.74) is 0.674. The number of hydrogen-bond acceptors (Lipinski definition) is 3. The molecule has 3 nitrogen and oxygen atoms in total. The molecule has 1 fully saturated rings. The molecule has 1 aromatic carbocycles. The second-order valence-electron chi connectivity index (χ2n) is 4.56. The zero-order valence-corrected chi connectivity index (χ0v) is 11.0. The number of Topliss-reactive ketones (excluding diaryl/α,β-unsaturated/α-hetero) is 1. The predicted molar refractivity (Wildman–Crippen MR) is 70.1 cm³/mol. The quantitative estimate of drug-likeness (QED) is 0.695. The fourth-order valence-corrected chi connectivity index (χ4v) is 1.87. The summed E-state index contributed by atoms with van der Waals surface area (Å²) < 4.78 is 11.1. The van der Waals surface area contributed by atoms with E-state index < -0.39 is 0 Å². The maximum absolute atomic E-state index is 12.2. The van der Waals surface area contributed by atoms with Crippen LogP contribution in [0.25, 0.3) is 0 Å². The first-order chi connectivity index (χ1) is 8.74. The Kier molecular flexibility index (Phi) is 4.37. The summed E-state index contributed by atoms with van der Waals surface area (Å²) in [7, 11) is 0. The van der Waals surface area contributed by atoms with Crippen molar-refractivity contribution in [3.05, 3.63) is 29.8 Å². The highest BCUT2D eigenvalue weighted by atomic mass is 16.5. The molecule has 0 saturated heterocycles. The van der Waals surface area contributed by atoms with E-state index in [0.29, 0.717) is 24.7 Å². The van der Waals surface area contributed by atoms with Crippen molar-refractivity contribution in [1.29, 1.82) is 0 Å². The lowest BCUT2D eigenvalue weighted by Gasteiger charge is -2.14. The third kappa shape index (κ3) is 3.33. The van der Waals surface area contributed by atoms with Crippen LogP contribution in [0, 0.1) is 0 Å². The summed E-state index contributed by atoms with van der Waals surface area (Å²) in [6.07, 6.45) is 2.94. The van der Waals surface area contributed by atoms with Crippen molar-refractivity contribution >= 4 is 5.78 Å². The molecular weight excluding hydrogens is 228 g/mol. The third-order valence-corrected chi connectivity index (χ3v) is 2.98. The van der Waals surface area contributed by atoms with Crippen molar-refractivity contribution < 1.29 is 14.3 Å². The molecule has 1 atom stereocenters. The number of carbonyl (C=O) groups excluding carboxylic acids is 1. The molecule has 2 rings (SSSR count). The van der Waals surface area contributed by atoms with E-state index in [4.69, 9.17) is 9.47 Å². The summed E-state index contributed by atoms with van der Waals surface area (Å²) in [5, 5.41) is 0. The van der Waals surface area contributed by atoms with Crippen LogP contribution in [-0.4, -0.2) is 24.6 Å². The molecule has 1 aliphatic carbocycles. The van der Waals surface area contributed by atoms with Crippen LogP contribution in [0.1, 0.15) is 43.5 Å². The third-order valence-electron chi connectivity index (χ3n) is 2.98. The van der Waals surface area contributed by atoms with Crippen molar-refractivity contribution in [3.8, 4) is 5.75 Å². The summed E-state index contributed by atoms with van der Waals surface area (Å²) in [6, 6.07) is 7.41. The van der Waals surface area contributed by atoms with Crippen LogP contribution in [-0.2, 0) is 4.74 Å². The van der Waals surface area contributed by atoms with Gasteiger partial charge in [0.1, 0.15) is 11.9 Å².